The van der Waals surface area contributed by atoms with Crippen LogP contribution in [0.3, 0.4) is 0 Å². The zero-order valence-electron chi connectivity index (χ0n) is 15.4. The van der Waals surface area contributed by atoms with Crippen molar-refractivity contribution in [1.29, 1.82) is 0 Å². The number of carbonyl (C=O) groups excluding carboxylic acids is 2. The van der Waals surface area contributed by atoms with Crippen LogP contribution in [-0.2, 0) is 14.3 Å². The average molecular weight is 362 g/mol. The first-order valence-corrected chi connectivity index (χ1v) is 7.96. The fourth-order valence-electron chi connectivity index (χ4n) is 2.41. The second kappa shape index (κ2) is 7.96. The Balaban J connectivity index is 2.35. The van der Waals surface area contributed by atoms with Crippen LogP contribution < -0.4 is 16.3 Å². The summed E-state index contributed by atoms with van der Waals surface area (Å²) in [5.74, 6) is -0.704. The van der Waals surface area contributed by atoms with Crippen LogP contribution in [0.15, 0.2) is 21.3 Å². The fourth-order valence-corrected chi connectivity index (χ4v) is 2.41. The van der Waals surface area contributed by atoms with Crippen LogP contribution >= 0.6 is 0 Å². The van der Waals surface area contributed by atoms with E-state index < -0.39 is 17.6 Å². The van der Waals surface area contributed by atoms with E-state index in [4.69, 9.17) is 4.42 Å². The first-order chi connectivity index (χ1) is 12.2. The Bertz CT molecular complexity index is 891. The molecule has 1 amide bonds. The molecule has 2 N–H and O–H groups in total. The van der Waals surface area contributed by atoms with Gasteiger partial charge in [-0.05, 0) is 45.6 Å². The molecule has 2 rings (SSSR count). The summed E-state index contributed by atoms with van der Waals surface area (Å²) in [4.78, 5) is 41.7. The molecule has 0 aliphatic rings. The Morgan fingerprint density at radius 2 is 2.04 bits per heavy atom. The first kappa shape index (κ1) is 19.4. The highest BCUT2D eigenvalue weighted by atomic mass is 16.5. The second-order valence-electron chi connectivity index (χ2n) is 6.11. The molecule has 1 aromatic heterocycles. The van der Waals surface area contributed by atoms with E-state index in [1.165, 1.54) is 7.11 Å². The average Bonchev–Trinajstić information content (AvgIpc) is 2.55. The maximum Gasteiger partial charge on any atom is 0.348 e. The Kier molecular flexibility index (Phi) is 5.93. The predicted octanol–water partition coefficient (Wildman–Crippen LogP) is 0.970. The summed E-state index contributed by atoms with van der Waals surface area (Å²) < 4.78 is 9.76. The number of likely N-dealkylation sites (N-methyl/N-ethyl adjacent to an activating group) is 1. The van der Waals surface area contributed by atoms with E-state index >= 15 is 0 Å². The van der Waals surface area contributed by atoms with Crippen molar-refractivity contribution in [2.24, 2.45) is 0 Å². The third-order valence-corrected chi connectivity index (χ3v) is 3.69. The van der Waals surface area contributed by atoms with Gasteiger partial charge in [-0.15, -0.1) is 0 Å². The van der Waals surface area contributed by atoms with Crippen LogP contribution in [-0.4, -0.2) is 55.6 Å². The number of carbonyl (C=O) groups is 2. The number of hydrogen-bond donors (Lipinski definition) is 2. The zero-order valence-corrected chi connectivity index (χ0v) is 15.4. The minimum Gasteiger partial charge on any atom is -0.467 e. The summed E-state index contributed by atoms with van der Waals surface area (Å²) in [7, 11) is 4.84. The molecule has 0 radical (unpaired) electrons. The standard InChI is InChI=1S/C17H22N4O5/c1-9-11(19-13(22)8-21(3)4)6-7-12-14(9)16(24)26-17(20-12)18-10(2)15(23)25-5/h6-7,10H,8H2,1-5H3,(H,18,20)(H,19,22). The highest BCUT2D eigenvalue weighted by Gasteiger charge is 2.17. The molecule has 0 saturated heterocycles. The highest BCUT2D eigenvalue weighted by Crippen LogP contribution is 2.23. The lowest BCUT2D eigenvalue weighted by Crippen LogP contribution is -2.28. The summed E-state index contributed by atoms with van der Waals surface area (Å²) in [6.45, 7) is 3.49. The van der Waals surface area contributed by atoms with Gasteiger partial charge in [-0.1, -0.05) is 0 Å². The maximum absolute atomic E-state index is 12.4. The summed E-state index contributed by atoms with van der Waals surface area (Å²) in [6, 6.07) is 2.48. The van der Waals surface area contributed by atoms with Crippen molar-refractivity contribution in [3.05, 3.63) is 28.1 Å². The van der Waals surface area contributed by atoms with Gasteiger partial charge in [0.25, 0.3) is 6.01 Å². The fraction of sp³-hybridized carbons (Fsp3) is 0.412. The Morgan fingerprint density at radius 1 is 1.35 bits per heavy atom. The van der Waals surface area contributed by atoms with Gasteiger partial charge in [0.2, 0.25) is 5.91 Å². The van der Waals surface area contributed by atoms with Crippen LogP contribution in [0.2, 0.25) is 0 Å². The van der Waals surface area contributed by atoms with E-state index in [1.54, 1.807) is 45.0 Å². The molecule has 0 aliphatic carbocycles. The highest BCUT2D eigenvalue weighted by molar-refractivity contribution is 5.96. The largest absolute Gasteiger partial charge is 0.467 e. The third kappa shape index (κ3) is 4.37. The number of methoxy groups -OCH3 is 1. The number of rotatable bonds is 6. The third-order valence-electron chi connectivity index (χ3n) is 3.69. The van der Waals surface area contributed by atoms with Gasteiger partial charge in [-0.25, -0.2) is 9.59 Å². The molecule has 9 heteroatoms. The van der Waals surface area contributed by atoms with Gasteiger partial charge in [-0.3, -0.25) is 4.79 Å². The SMILES string of the molecule is COC(=O)C(C)Nc1nc2ccc(NC(=O)CN(C)C)c(C)c2c(=O)o1. The second-order valence-corrected chi connectivity index (χ2v) is 6.11. The van der Waals surface area contributed by atoms with Crippen LogP contribution in [0, 0.1) is 6.92 Å². The van der Waals surface area contributed by atoms with Gasteiger partial charge in [0, 0.05) is 5.69 Å². The Hall–Kier alpha value is -2.94. The van der Waals surface area contributed by atoms with Gasteiger partial charge in [0.05, 0.1) is 24.6 Å². The molecule has 1 atom stereocenters. The molecule has 1 unspecified atom stereocenters. The molecular weight excluding hydrogens is 340 g/mol. The Morgan fingerprint density at radius 3 is 2.65 bits per heavy atom. The minimum absolute atomic E-state index is 0.0795. The quantitative estimate of drug-likeness (QED) is 0.731. The van der Waals surface area contributed by atoms with Crippen molar-refractivity contribution in [3.63, 3.8) is 0 Å². The zero-order chi connectivity index (χ0) is 19.4. The van der Waals surface area contributed by atoms with Crippen molar-refractivity contribution in [2.45, 2.75) is 19.9 Å². The number of hydrogen-bond acceptors (Lipinski definition) is 8. The predicted molar refractivity (Wildman–Crippen MR) is 97.3 cm³/mol. The van der Waals surface area contributed by atoms with Crippen molar-refractivity contribution in [1.82, 2.24) is 9.88 Å². The smallest absolute Gasteiger partial charge is 0.348 e. The number of aromatic nitrogens is 1. The number of nitrogens with zero attached hydrogens (tertiary/aromatic N) is 2. The van der Waals surface area contributed by atoms with Crippen LogP contribution in [0.1, 0.15) is 12.5 Å². The summed E-state index contributed by atoms with van der Waals surface area (Å²) in [5.41, 5.74) is 0.852. The molecule has 0 spiro atoms. The van der Waals surface area contributed by atoms with Gasteiger partial charge in [-0.2, -0.15) is 4.98 Å². The number of fused-ring (bicyclic) bond motifs is 1. The summed E-state index contributed by atoms with van der Waals surface area (Å²) >= 11 is 0. The van der Waals surface area contributed by atoms with E-state index in [-0.39, 0.29) is 23.9 Å². The van der Waals surface area contributed by atoms with Crippen LogP contribution in [0.4, 0.5) is 11.7 Å². The number of ether oxygens (including phenoxy) is 1. The van der Waals surface area contributed by atoms with E-state index in [1.807, 2.05) is 0 Å². The van der Waals surface area contributed by atoms with E-state index in [0.29, 0.717) is 16.8 Å². The lowest BCUT2D eigenvalue weighted by molar-refractivity contribution is -0.141. The lowest BCUT2D eigenvalue weighted by atomic mass is 10.1. The van der Waals surface area contributed by atoms with Crippen molar-refractivity contribution < 1.29 is 18.7 Å². The molecule has 0 fully saturated rings. The van der Waals surface area contributed by atoms with Gasteiger partial charge >= 0.3 is 11.6 Å². The summed E-state index contributed by atoms with van der Waals surface area (Å²) in [5, 5.41) is 5.72. The number of anilines is 2. The molecule has 0 bridgehead atoms. The number of amides is 1. The van der Waals surface area contributed by atoms with Gasteiger partial charge < -0.3 is 24.7 Å². The minimum atomic E-state index is -0.723. The molecule has 1 aromatic carbocycles. The molecular formula is C17H22N4O5. The van der Waals surface area contributed by atoms with Crippen LogP contribution in [0.25, 0.3) is 10.9 Å². The van der Waals surface area contributed by atoms with Crippen molar-refractivity contribution >= 4 is 34.5 Å². The normalized spacial score (nSPS) is 12.1. The number of benzene rings is 1. The molecule has 26 heavy (non-hydrogen) atoms. The van der Waals surface area contributed by atoms with Crippen molar-refractivity contribution in [2.75, 3.05) is 38.4 Å². The van der Waals surface area contributed by atoms with Crippen molar-refractivity contribution in [3.8, 4) is 0 Å². The first-order valence-electron chi connectivity index (χ1n) is 7.96. The van der Waals surface area contributed by atoms with Gasteiger partial charge in [0.15, 0.2) is 0 Å². The molecule has 0 saturated carbocycles. The maximum atomic E-state index is 12.4. The number of esters is 1. The topological polar surface area (TPSA) is 114 Å². The number of nitrogens with one attached hydrogen (secondary N) is 2. The molecule has 1 heterocycles. The molecule has 9 nitrogen and oxygen atoms in total. The van der Waals surface area contributed by atoms with E-state index in [0.717, 1.165) is 0 Å². The molecule has 0 aliphatic heterocycles. The Labute approximate surface area is 150 Å². The van der Waals surface area contributed by atoms with Crippen LogP contribution in [0.5, 0.6) is 0 Å². The monoisotopic (exact) mass is 362 g/mol. The summed E-state index contributed by atoms with van der Waals surface area (Å²) in [6.07, 6.45) is 0. The van der Waals surface area contributed by atoms with E-state index in [2.05, 4.69) is 20.4 Å². The molecule has 140 valence electrons. The molecule has 2 aromatic rings. The lowest BCUT2D eigenvalue weighted by Gasteiger charge is -2.14. The van der Waals surface area contributed by atoms with Gasteiger partial charge in [0.1, 0.15) is 6.04 Å². The number of aryl methyl sites for hydroxylation is 1. The van der Waals surface area contributed by atoms with E-state index in [9.17, 15) is 14.4 Å².